The van der Waals surface area contributed by atoms with E-state index in [1.807, 2.05) is 0 Å². The molecule has 2 rings (SSSR count). The number of methoxy groups -OCH3 is 1. The lowest BCUT2D eigenvalue weighted by Gasteiger charge is -2.25. The van der Waals surface area contributed by atoms with Crippen LogP contribution in [0.3, 0.4) is 0 Å². The molecule has 0 bridgehead atoms. The number of carboxylic acid groups (broad SMARTS) is 1. The average Bonchev–Trinajstić information content (AvgIpc) is 2.80. The summed E-state index contributed by atoms with van der Waals surface area (Å²) in [7, 11) is 1.03. The Hall–Kier alpha value is -2.49. The summed E-state index contributed by atoms with van der Waals surface area (Å²) in [6.07, 6.45) is 3.11. The van der Waals surface area contributed by atoms with Crippen LogP contribution in [0.25, 0.3) is 0 Å². The number of rotatable bonds is 7. The molecule has 0 spiro atoms. The predicted octanol–water partition coefficient (Wildman–Crippen LogP) is 0.845. The van der Waals surface area contributed by atoms with Crippen LogP contribution in [0, 0.1) is 10.1 Å². The number of carbonyl (C=O) groups excluding carboxylic acids is 1. The Labute approximate surface area is 124 Å². The minimum absolute atomic E-state index is 0.00400. The highest BCUT2D eigenvalue weighted by Gasteiger charge is 2.36. The highest BCUT2D eigenvalue weighted by Crippen LogP contribution is 2.25. The molecule has 0 unspecified atom stereocenters. The summed E-state index contributed by atoms with van der Waals surface area (Å²) in [6.45, 7) is 0.153. The lowest BCUT2D eigenvalue weighted by atomic mass is 9.96. The summed E-state index contributed by atoms with van der Waals surface area (Å²) in [5.41, 5.74) is -2.17. The first-order valence-corrected chi connectivity index (χ1v) is 6.64. The molecule has 120 valence electrons. The normalized spacial score (nSPS) is 14.4. The molecule has 0 aromatic carbocycles. The molecule has 22 heavy (non-hydrogen) atoms. The molecule has 1 aliphatic rings. The van der Waals surface area contributed by atoms with Crippen LogP contribution in [-0.4, -0.2) is 51.6 Å². The second kappa shape index (κ2) is 6.52. The summed E-state index contributed by atoms with van der Waals surface area (Å²) < 4.78 is 10.8. The standard InChI is InChI=1S/C12H15N3O7/c1-21-12(18)8-9(15(19)20)10(11(16)17)14(13-8)5-6-22-7-3-2-4-7/h7H,2-6H2,1H3,(H,16,17). The van der Waals surface area contributed by atoms with Crippen LogP contribution in [-0.2, 0) is 16.0 Å². The van der Waals surface area contributed by atoms with Gasteiger partial charge < -0.3 is 14.6 Å². The summed E-state index contributed by atoms with van der Waals surface area (Å²) in [5, 5.41) is 23.9. The number of carboxylic acids is 1. The van der Waals surface area contributed by atoms with E-state index in [4.69, 9.17) is 4.74 Å². The summed E-state index contributed by atoms with van der Waals surface area (Å²) in [5.74, 6) is -2.61. The molecule has 0 aliphatic heterocycles. The predicted molar refractivity (Wildman–Crippen MR) is 70.8 cm³/mol. The van der Waals surface area contributed by atoms with Crippen molar-refractivity contribution in [1.82, 2.24) is 9.78 Å². The van der Waals surface area contributed by atoms with Gasteiger partial charge in [0.05, 0.1) is 31.3 Å². The number of ether oxygens (including phenoxy) is 2. The van der Waals surface area contributed by atoms with E-state index in [0.717, 1.165) is 31.1 Å². The van der Waals surface area contributed by atoms with Crippen molar-refractivity contribution in [2.45, 2.75) is 31.9 Å². The van der Waals surface area contributed by atoms with Gasteiger partial charge in [0.1, 0.15) is 0 Å². The summed E-state index contributed by atoms with van der Waals surface area (Å²) in [6, 6.07) is 0. The quantitative estimate of drug-likeness (QED) is 0.444. The van der Waals surface area contributed by atoms with Crippen molar-refractivity contribution in [3.8, 4) is 0 Å². The van der Waals surface area contributed by atoms with Gasteiger partial charge in [-0.1, -0.05) is 0 Å². The first-order valence-electron chi connectivity index (χ1n) is 6.64. The molecule has 1 saturated carbocycles. The smallest absolute Gasteiger partial charge is 0.365 e. The van der Waals surface area contributed by atoms with Gasteiger partial charge in [-0.05, 0) is 19.3 Å². The first kappa shape index (κ1) is 15.9. The van der Waals surface area contributed by atoms with Gasteiger partial charge in [-0.3, -0.25) is 10.1 Å². The van der Waals surface area contributed by atoms with Crippen LogP contribution in [0.2, 0.25) is 0 Å². The second-order valence-corrected chi connectivity index (χ2v) is 4.75. The second-order valence-electron chi connectivity index (χ2n) is 4.75. The molecular formula is C12H15N3O7. The Morgan fingerprint density at radius 3 is 2.64 bits per heavy atom. The third-order valence-electron chi connectivity index (χ3n) is 3.40. The van der Waals surface area contributed by atoms with Gasteiger partial charge in [0.15, 0.2) is 0 Å². The molecule has 1 fully saturated rings. The summed E-state index contributed by atoms with van der Waals surface area (Å²) >= 11 is 0. The van der Waals surface area contributed by atoms with Crippen molar-refractivity contribution in [3.63, 3.8) is 0 Å². The maximum atomic E-state index is 11.5. The highest BCUT2D eigenvalue weighted by molar-refractivity contribution is 5.99. The topological polar surface area (TPSA) is 134 Å². The fourth-order valence-corrected chi connectivity index (χ4v) is 2.08. The molecular weight excluding hydrogens is 298 g/mol. The fraction of sp³-hybridized carbons (Fsp3) is 0.583. The zero-order valence-electron chi connectivity index (χ0n) is 11.9. The van der Waals surface area contributed by atoms with Crippen molar-refractivity contribution in [3.05, 3.63) is 21.5 Å². The Bertz CT molecular complexity index is 606. The van der Waals surface area contributed by atoms with Crippen LogP contribution in [0.15, 0.2) is 0 Å². The van der Waals surface area contributed by atoms with E-state index >= 15 is 0 Å². The van der Waals surface area contributed by atoms with E-state index < -0.39 is 33.9 Å². The molecule has 1 aromatic heterocycles. The molecule has 0 radical (unpaired) electrons. The Balaban J connectivity index is 2.28. The fourth-order valence-electron chi connectivity index (χ4n) is 2.08. The molecule has 1 heterocycles. The number of nitrogens with zero attached hydrogens (tertiary/aromatic N) is 3. The third-order valence-corrected chi connectivity index (χ3v) is 3.40. The van der Waals surface area contributed by atoms with Crippen LogP contribution < -0.4 is 0 Å². The first-order chi connectivity index (χ1) is 10.5. The molecule has 1 aromatic rings. The van der Waals surface area contributed by atoms with Gasteiger partial charge >= 0.3 is 17.6 Å². The van der Waals surface area contributed by atoms with E-state index in [1.54, 1.807) is 0 Å². The maximum Gasteiger partial charge on any atom is 0.365 e. The van der Waals surface area contributed by atoms with E-state index in [9.17, 15) is 24.8 Å². The molecule has 0 atom stereocenters. The van der Waals surface area contributed by atoms with Crippen molar-refractivity contribution < 1.29 is 29.1 Å². The number of hydrogen-bond acceptors (Lipinski definition) is 7. The van der Waals surface area contributed by atoms with E-state index in [-0.39, 0.29) is 19.3 Å². The zero-order chi connectivity index (χ0) is 16.3. The molecule has 1 aliphatic carbocycles. The SMILES string of the molecule is COC(=O)c1nn(CCOC2CCC2)c(C(=O)O)c1[N+](=O)[O-]. The van der Waals surface area contributed by atoms with Gasteiger partial charge in [-0.25, -0.2) is 14.3 Å². The van der Waals surface area contributed by atoms with Crippen LogP contribution in [0.4, 0.5) is 5.69 Å². The highest BCUT2D eigenvalue weighted by atomic mass is 16.6. The van der Waals surface area contributed by atoms with Gasteiger partial charge in [-0.15, -0.1) is 0 Å². The van der Waals surface area contributed by atoms with Gasteiger partial charge in [-0.2, -0.15) is 5.10 Å². The van der Waals surface area contributed by atoms with Crippen molar-refractivity contribution >= 4 is 17.6 Å². The van der Waals surface area contributed by atoms with Gasteiger partial charge in [0.25, 0.3) is 0 Å². The van der Waals surface area contributed by atoms with E-state index in [2.05, 4.69) is 9.84 Å². The molecule has 10 nitrogen and oxygen atoms in total. The number of carbonyl (C=O) groups is 2. The molecule has 1 N–H and O–H groups in total. The zero-order valence-corrected chi connectivity index (χ0v) is 11.9. The van der Waals surface area contributed by atoms with Crippen molar-refractivity contribution in [2.24, 2.45) is 0 Å². The van der Waals surface area contributed by atoms with E-state index in [1.165, 1.54) is 0 Å². The number of hydrogen-bond donors (Lipinski definition) is 1. The Morgan fingerprint density at radius 1 is 1.50 bits per heavy atom. The van der Waals surface area contributed by atoms with Crippen molar-refractivity contribution in [2.75, 3.05) is 13.7 Å². The van der Waals surface area contributed by atoms with Gasteiger partial charge in [0, 0.05) is 0 Å². The maximum absolute atomic E-state index is 11.5. The average molecular weight is 313 g/mol. The minimum Gasteiger partial charge on any atom is -0.476 e. The van der Waals surface area contributed by atoms with Crippen LogP contribution in [0.1, 0.15) is 40.2 Å². The molecule has 0 saturated heterocycles. The Kier molecular flexibility index (Phi) is 4.71. The van der Waals surface area contributed by atoms with Crippen LogP contribution in [0.5, 0.6) is 0 Å². The monoisotopic (exact) mass is 313 g/mol. The number of esters is 1. The van der Waals surface area contributed by atoms with E-state index in [0.29, 0.717) is 0 Å². The largest absolute Gasteiger partial charge is 0.476 e. The minimum atomic E-state index is -1.54. The summed E-state index contributed by atoms with van der Waals surface area (Å²) in [4.78, 5) is 32.9. The molecule has 10 heteroatoms. The number of aromatic carboxylic acids is 1. The molecule has 0 amide bonds. The Morgan fingerprint density at radius 2 is 2.18 bits per heavy atom. The lowest BCUT2D eigenvalue weighted by Crippen LogP contribution is -2.24. The van der Waals surface area contributed by atoms with Crippen LogP contribution >= 0.6 is 0 Å². The third kappa shape index (κ3) is 3.06. The van der Waals surface area contributed by atoms with Gasteiger partial charge in [0.2, 0.25) is 11.4 Å². The van der Waals surface area contributed by atoms with Crippen molar-refractivity contribution in [1.29, 1.82) is 0 Å². The number of nitro groups is 1. The number of aromatic nitrogens is 2. The lowest BCUT2D eigenvalue weighted by molar-refractivity contribution is -0.385.